The highest BCUT2D eigenvalue weighted by Gasteiger charge is 2.65. The van der Waals surface area contributed by atoms with Crippen LogP contribution in [0.5, 0.6) is 0 Å². The summed E-state index contributed by atoms with van der Waals surface area (Å²) in [5, 5.41) is 6.28. The van der Waals surface area contributed by atoms with Crippen LogP contribution in [-0.2, 0) is 16.1 Å². The maximum Gasteiger partial charge on any atom is 0.236 e. The number of rotatable bonds is 4. The molecule has 3 heterocycles. The number of hydrogen-bond acceptors (Lipinski definition) is 5. The number of carbonyl (C=O) groups is 3. The van der Waals surface area contributed by atoms with Crippen molar-refractivity contribution in [2.45, 2.75) is 18.6 Å². The second-order valence-electron chi connectivity index (χ2n) is 8.67. The fraction of sp³-hybridized carbons (Fsp3) is 0.185. The third kappa shape index (κ3) is 2.94. The van der Waals surface area contributed by atoms with Gasteiger partial charge in [-0.05, 0) is 16.7 Å². The summed E-state index contributed by atoms with van der Waals surface area (Å²) >= 11 is 0. The van der Waals surface area contributed by atoms with E-state index in [4.69, 9.17) is 0 Å². The zero-order valence-corrected chi connectivity index (χ0v) is 17.7. The Kier molecular flexibility index (Phi) is 4.47. The molecule has 6 rings (SSSR count). The maximum absolute atomic E-state index is 13.7. The van der Waals surface area contributed by atoms with Gasteiger partial charge >= 0.3 is 0 Å². The van der Waals surface area contributed by atoms with Crippen molar-refractivity contribution in [1.29, 1.82) is 0 Å². The fourth-order valence-corrected chi connectivity index (χ4v) is 5.43. The van der Waals surface area contributed by atoms with E-state index in [2.05, 4.69) is 5.10 Å². The molecule has 0 spiro atoms. The van der Waals surface area contributed by atoms with Crippen LogP contribution in [0.3, 0.4) is 0 Å². The second-order valence-corrected chi connectivity index (χ2v) is 8.67. The summed E-state index contributed by atoms with van der Waals surface area (Å²) in [4.78, 5) is 42.4. The number of Topliss-reactive ketones (excluding diaryl/α,β-unsaturated/α-hetero) is 1. The predicted molar refractivity (Wildman–Crippen MR) is 122 cm³/mol. The number of amides is 2. The predicted octanol–water partition coefficient (Wildman–Crippen LogP) is 3.44. The van der Waals surface area contributed by atoms with Gasteiger partial charge in [0.05, 0.1) is 30.6 Å². The van der Waals surface area contributed by atoms with Crippen molar-refractivity contribution in [3.05, 3.63) is 107 Å². The molecule has 0 aromatic heterocycles. The number of benzene rings is 3. The molecular formula is C27H21N3O3. The van der Waals surface area contributed by atoms with Crippen LogP contribution >= 0.6 is 0 Å². The third-order valence-electron chi connectivity index (χ3n) is 6.89. The largest absolute Gasteiger partial charge is 0.292 e. The number of nitrogens with zero attached hydrogens (tertiary/aromatic N) is 3. The first-order chi connectivity index (χ1) is 16.1. The van der Waals surface area contributed by atoms with Gasteiger partial charge in [-0.1, -0.05) is 84.9 Å². The van der Waals surface area contributed by atoms with Crippen molar-refractivity contribution in [3.63, 3.8) is 0 Å². The summed E-state index contributed by atoms with van der Waals surface area (Å²) in [5.74, 6) is -2.16. The van der Waals surface area contributed by atoms with Crippen molar-refractivity contribution in [2.24, 2.45) is 16.9 Å². The number of hydrogen-bond donors (Lipinski definition) is 0. The van der Waals surface area contributed by atoms with Gasteiger partial charge in [0.25, 0.3) is 0 Å². The highest BCUT2D eigenvalue weighted by atomic mass is 16.2. The first kappa shape index (κ1) is 19.6. The first-order valence-corrected chi connectivity index (χ1v) is 11.0. The Labute approximate surface area is 191 Å². The number of carbonyl (C=O) groups excluding carboxylic acids is 3. The molecule has 0 radical (unpaired) electrons. The number of fused-ring (bicyclic) bond motifs is 5. The summed E-state index contributed by atoms with van der Waals surface area (Å²) < 4.78 is 0. The third-order valence-corrected chi connectivity index (χ3v) is 6.89. The minimum Gasteiger partial charge on any atom is -0.292 e. The van der Waals surface area contributed by atoms with Crippen molar-refractivity contribution in [3.8, 4) is 0 Å². The molecule has 2 fully saturated rings. The lowest BCUT2D eigenvalue weighted by Crippen LogP contribution is -2.44. The lowest BCUT2D eigenvalue weighted by atomic mass is 9.83. The average Bonchev–Trinajstić information content (AvgIpc) is 3.33. The Hall–Kier alpha value is -4.06. The second kappa shape index (κ2) is 7.52. The highest BCUT2D eigenvalue weighted by molar-refractivity contribution is 6.12. The van der Waals surface area contributed by atoms with Crippen LogP contribution in [0, 0.1) is 11.8 Å². The highest BCUT2D eigenvalue weighted by Crippen LogP contribution is 2.52. The Morgan fingerprint density at radius 1 is 0.788 bits per heavy atom. The molecule has 0 bridgehead atoms. The zero-order chi connectivity index (χ0) is 22.5. The van der Waals surface area contributed by atoms with Gasteiger partial charge in [0.15, 0.2) is 5.78 Å². The molecule has 162 valence electrons. The average molecular weight is 435 g/mol. The maximum atomic E-state index is 13.7. The van der Waals surface area contributed by atoms with Crippen LogP contribution < -0.4 is 0 Å². The molecule has 2 saturated heterocycles. The Morgan fingerprint density at radius 3 is 2.18 bits per heavy atom. The monoisotopic (exact) mass is 435 g/mol. The summed E-state index contributed by atoms with van der Waals surface area (Å²) in [5.41, 5.74) is 3.22. The van der Waals surface area contributed by atoms with E-state index >= 15 is 0 Å². The van der Waals surface area contributed by atoms with E-state index in [9.17, 15) is 14.4 Å². The van der Waals surface area contributed by atoms with Gasteiger partial charge in [-0.25, -0.2) is 0 Å². The lowest BCUT2D eigenvalue weighted by Gasteiger charge is -2.33. The zero-order valence-electron chi connectivity index (χ0n) is 17.7. The minimum absolute atomic E-state index is 0.188. The number of ketones is 1. The van der Waals surface area contributed by atoms with Crippen LogP contribution in [0.25, 0.3) is 0 Å². The molecule has 4 atom stereocenters. The minimum atomic E-state index is -0.829. The fourth-order valence-electron chi connectivity index (χ4n) is 5.43. The molecule has 3 aliphatic heterocycles. The molecule has 0 saturated carbocycles. The van der Waals surface area contributed by atoms with Gasteiger partial charge in [-0.2, -0.15) is 5.10 Å². The molecule has 3 aromatic rings. The van der Waals surface area contributed by atoms with Crippen LogP contribution in [0.1, 0.15) is 33.1 Å². The summed E-state index contributed by atoms with van der Waals surface area (Å²) in [6, 6.07) is 24.9. The number of likely N-dealkylation sites (tertiary alicyclic amines) is 1. The SMILES string of the molecule is O=C(c1ccccc1)C1C2C(=O)N(Cc3ccccc3)C(=O)C2C2c3ccccc3C=NN12. The molecule has 6 heteroatoms. The van der Waals surface area contributed by atoms with Crippen LogP contribution in [0.4, 0.5) is 0 Å². The van der Waals surface area contributed by atoms with E-state index in [1.807, 2.05) is 60.7 Å². The number of imide groups is 1. The molecule has 2 amide bonds. The molecule has 3 aromatic carbocycles. The van der Waals surface area contributed by atoms with Crippen molar-refractivity contribution in [2.75, 3.05) is 0 Å². The molecule has 6 nitrogen and oxygen atoms in total. The quantitative estimate of drug-likeness (QED) is 0.465. The van der Waals surface area contributed by atoms with Crippen molar-refractivity contribution >= 4 is 23.8 Å². The van der Waals surface area contributed by atoms with Crippen LogP contribution in [0.2, 0.25) is 0 Å². The van der Waals surface area contributed by atoms with Gasteiger partial charge in [0.1, 0.15) is 6.04 Å². The van der Waals surface area contributed by atoms with E-state index in [1.54, 1.807) is 35.5 Å². The Balaban J connectivity index is 1.45. The van der Waals surface area contributed by atoms with E-state index in [0.717, 1.165) is 16.7 Å². The van der Waals surface area contributed by atoms with Crippen LogP contribution in [-0.4, -0.2) is 39.8 Å². The van der Waals surface area contributed by atoms with Gasteiger partial charge in [0, 0.05) is 5.56 Å². The van der Waals surface area contributed by atoms with Gasteiger partial charge in [0.2, 0.25) is 11.8 Å². The molecule has 0 N–H and O–H groups in total. The van der Waals surface area contributed by atoms with E-state index < -0.39 is 23.9 Å². The van der Waals surface area contributed by atoms with Crippen molar-refractivity contribution in [1.82, 2.24) is 9.91 Å². The van der Waals surface area contributed by atoms with E-state index in [0.29, 0.717) is 5.56 Å². The molecule has 0 aliphatic carbocycles. The van der Waals surface area contributed by atoms with Crippen molar-refractivity contribution < 1.29 is 14.4 Å². The smallest absolute Gasteiger partial charge is 0.236 e. The molecule has 33 heavy (non-hydrogen) atoms. The number of hydrazone groups is 1. The normalized spacial score (nSPS) is 25.1. The van der Waals surface area contributed by atoms with Gasteiger partial charge < -0.3 is 0 Å². The van der Waals surface area contributed by atoms with Gasteiger partial charge in [-0.3, -0.25) is 24.3 Å². The summed E-state index contributed by atoms with van der Waals surface area (Å²) in [7, 11) is 0. The first-order valence-electron chi connectivity index (χ1n) is 11.0. The topological polar surface area (TPSA) is 70.0 Å². The van der Waals surface area contributed by atoms with E-state index in [-0.39, 0.29) is 24.1 Å². The Bertz CT molecular complexity index is 1290. The Morgan fingerprint density at radius 2 is 1.42 bits per heavy atom. The molecule has 3 aliphatic rings. The van der Waals surface area contributed by atoms with Crippen LogP contribution in [0.15, 0.2) is 90.0 Å². The molecular weight excluding hydrogens is 414 g/mol. The summed E-state index contributed by atoms with van der Waals surface area (Å²) in [6.07, 6.45) is 1.72. The molecule has 4 unspecified atom stereocenters. The van der Waals surface area contributed by atoms with E-state index in [1.165, 1.54) is 4.90 Å². The standard InChI is InChI=1S/C27H21N3O3/c31-25(18-11-5-2-6-12-18)24-22-21(23-20-14-8-7-13-19(20)15-28-30(23)24)26(32)29(27(22)33)16-17-9-3-1-4-10-17/h1-15,21-24H,16H2. The van der Waals surface area contributed by atoms with Gasteiger partial charge in [-0.15, -0.1) is 0 Å². The summed E-state index contributed by atoms with van der Waals surface area (Å²) in [6.45, 7) is 0.204. The lowest BCUT2D eigenvalue weighted by molar-refractivity contribution is -0.142.